The van der Waals surface area contributed by atoms with Crippen LogP contribution in [0.25, 0.3) is 0 Å². The van der Waals surface area contributed by atoms with Crippen molar-refractivity contribution in [1.82, 2.24) is 9.97 Å². The zero-order valence-corrected chi connectivity index (χ0v) is 15.1. The van der Waals surface area contributed by atoms with E-state index in [4.69, 9.17) is 9.47 Å². The summed E-state index contributed by atoms with van der Waals surface area (Å²) >= 11 is 0. The number of nitrogens with zero attached hydrogens (tertiary/aromatic N) is 2. The van der Waals surface area contributed by atoms with E-state index in [-0.39, 0.29) is 6.10 Å². The van der Waals surface area contributed by atoms with Crippen LogP contribution in [0, 0.1) is 0 Å². The van der Waals surface area contributed by atoms with Gasteiger partial charge in [0, 0.05) is 18.0 Å². The molecule has 6 heteroatoms. The molecule has 0 fully saturated rings. The first-order valence-corrected chi connectivity index (χ1v) is 8.41. The van der Waals surface area contributed by atoms with Gasteiger partial charge in [-0.15, -0.1) is 0 Å². The van der Waals surface area contributed by atoms with E-state index in [9.17, 15) is 0 Å². The summed E-state index contributed by atoms with van der Waals surface area (Å²) < 4.78 is 11.1. The normalized spacial score (nSPS) is 10.5. The Kier molecular flexibility index (Phi) is 5.53. The van der Waals surface area contributed by atoms with Crippen LogP contribution in [-0.2, 0) is 0 Å². The second-order valence-electron chi connectivity index (χ2n) is 5.91. The zero-order chi connectivity index (χ0) is 18.4. The first-order valence-electron chi connectivity index (χ1n) is 8.41. The molecule has 0 aliphatic heterocycles. The minimum atomic E-state index is 0.0833. The third-order valence-corrected chi connectivity index (χ3v) is 3.49. The maximum Gasteiger partial charge on any atom is 0.229 e. The van der Waals surface area contributed by atoms with E-state index in [0.717, 1.165) is 22.9 Å². The molecule has 0 saturated carbocycles. The molecular weight excluding hydrogens is 328 g/mol. The number of ether oxygens (including phenoxy) is 2. The van der Waals surface area contributed by atoms with Crippen molar-refractivity contribution in [2.75, 3.05) is 17.7 Å². The van der Waals surface area contributed by atoms with Crippen molar-refractivity contribution in [1.29, 1.82) is 0 Å². The third kappa shape index (κ3) is 4.63. The molecular formula is C20H22N4O2. The van der Waals surface area contributed by atoms with Gasteiger partial charge in [0.15, 0.2) is 0 Å². The molecule has 26 heavy (non-hydrogen) atoms. The summed E-state index contributed by atoms with van der Waals surface area (Å²) in [5, 5.41) is 6.46. The number of benzene rings is 2. The molecule has 2 aromatic carbocycles. The van der Waals surface area contributed by atoms with Gasteiger partial charge in [0.1, 0.15) is 17.3 Å². The van der Waals surface area contributed by atoms with Crippen LogP contribution in [0.2, 0.25) is 0 Å². The summed E-state index contributed by atoms with van der Waals surface area (Å²) in [6, 6.07) is 17.2. The van der Waals surface area contributed by atoms with Crippen LogP contribution >= 0.6 is 0 Å². The Labute approximate surface area is 153 Å². The molecule has 0 unspecified atom stereocenters. The number of aromatic nitrogens is 2. The largest absolute Gasteiger partial charge is 0.497 e. The molecule has 0 radical (unpaired) electrons. The summed E-state index contributed by atoms with van der Waals surface area (Å²) in [5.41, 5.74) is 1.71. The Morgan fingerprint density at radius 2 is 1.81 bits per heavy atom. The van der Waals surface area contributed by atoms with Crippen LogP contribution in [0.4, 0.5) is 23.1 Å². The molecule has 0 aliphatic carbocycles. The van der Waals surface area contributed by atoms with E-state index in [1.165, 1.54) is 0 Å². The zero-order valence-electron chi connectivity index (χ0n) is 15.1. The van der Waals surface area contributed by atoms with Gasteiger partial charge in [-0.3, -0.25) is 0 Å². The number of para-hydroxylation sites is 2. The molecule has 134 valence electrons. The minimum absolute atomic E-state index is 0.0833. The SMILES string of the molecule is COc1cccc(Nc2ccnc(Nc3ccccc3OC(C)C)n2)c1. The van der Waals surface area contributed by atoms with E-state index < -0.39 is 0 Å². The van der Waals surface area contributed by atoms with Gasteiger partial charge in [0.05, 0.1) is 18.9 Å². The summed E-state index contributed by atoms with van der Waals surface area (Å²) in [7, 11) is 1.64. The monoisotopic (exact) mass is 350 g/mol. The number of rotatable bonds is 7. The number of anilines is 4. The molecule has 3 aromatic rings. The topological polar surface area (TPSA) is 68.3 Å². The van der Waals surface area contributed by atoms with Crippen molar-refractivity contribution in [3.63, 3.8) is 0 Å². The highest BCUT2D eigenvalue weighted by Gasteiger charge is 2.07. The minimum Gasteiger partial charge on any atom is -0.497 e. The Morgan fingerprint density at radius 1 is 0.962 bits per heavy atom. The van der Waals surface area contributed by atoms with Gasteiger partial charge in [-0.1, -0.05) is 18.2 Å². The fraction of sp³-hybridized carbons (Fsp3) is 0.200. The maximum absolute atomic E-state index is 5.82. The van der Waals surface area contributed by atoms with Crippen molar-refractivity contribution in [3.8, 4) is 11.5 Å². The van der Waals surface area contributed by atoms with Crippen LogP contribution in [0.5, 0.6) is 11.5 Å². The van der Waals surface area contributed by atoms with Gasteiger partial charge >= 0.3 is 0 Å². The van der Waals surface area contributed by atoms with Crippen LogP contribution in [0.3, 0.4) is 0 Å². The van der Waals surface area contributed by atoms with E-state index in [2.05, 4.69) is 20.6 Å². The molecule has 0 saturated heterocycles. The van der Waals surface area contributed by atoms with Gasteiger partial charge in [-0.05, 0) is 44.2 Å². The molecule has 0 spiro atoms. The second kappa shape index (κ2) is 8.20. The summed E-state index contributed by atoms with van der Waals surface area (Å²) in [5.74, 6) is 2.70. The highest BCUT2D eigenvalue weighted by atomic mass is 16.5. The summed E-state index contributed by atoms with van der Waals surface area (Å²) in [6.45, 7) is 3.98. The third-order valence-electron chi connectivity index (χ3n) is 3.49. The standard InChI is InChI=1S/C20H22N4O2/c1-14(2)26-18-10-5-4-9-17(18)23-20-21-12-11-19(24-20)22-15-7-6-8-16(13-15)25-3/h4-14H,1-3H3,(H2,21,22,23,24). The van der Waals surface area contributed by atoms with Crippen LogP contribution < -0.4 is 20.1 Å². The molecule has 0 bridgehead atoms. The molecule has 3 rings (SSSR count). The Hall–Kier alpha value is -3.28. The van der Waals surface area contributed by atoms with E-state index in [1.807, 2.05) is 62.4 Å². The fourth-order valence-electron chi connectivity index (χ4n) is 2.38. The maximum atomic E-state index is 5.82. The molecule has 2 N–H and O–H groups in total. The Bertz CT molecular complexity index is 868. The molecule has 1 heterocycles. The number of hydrogen-bond acceptors (Lipinski definition) is 6. The number of methoxy groups -OCH3 is 1. The smallest absolute Gasteiger partial charge is 0.229 e. The highest BCUT2D eigenvalue weighted by Crippen LogP contribution is 2.27. The average molecular weight is 350 g/mol. The molecule has 0 amide bonds. The van der Waals surface area contributed by atoms with Gasteiger partial charge in [-0.25, -0.2) is 4.98 Å². The van der Waals surface area contributed by atoms with Gasteiger partial charge in [-0.2, -0.15) is 4.98 Å². The second-order valence-corrected chi connectivity index (χ2v) is 5.91. The first kappa shape index (κ1) is 17.5. The van der Waals surface area contributed by atoms with Crippen molar-refractivity contribution < 1.29 is 9.47 Å². The first-order chi connectivity index (χ1) is 12.6. The molecule has 1 aromatic heterocycles. The van der Waals surface area contributed by atoms with Crippen LogP contribution in [0.1, 0.15) is 13.8 Å². The number of hydrogen-bond donors (Lipinski definition) is 2. The Morgan fingerprint density at radius 3 is 2.62 bits per heavy atom. The van der Waals surface area contributed by atoms with Gasteiger partial charge in [0.2, 0.25) is 5.95 Å². The highest BCUT2D eigenvalue weighted by molar-refractivity contribution is 5.64. The summed E-state index contributed by atoms with van der Waals surface area (Å²) in [4.78, 5) is 8.80. The quantitative estimate of drug-likeness (QED) is 0.640. The lowest BCUT2D eigenvalue weighted by atomic mass is 10.3. The van der Waals surface area contributed by atoms with Gasteiger partial charge < -0.3 is 20.1 Å². The molecule has 6 nitrogen and oxygen atoms in total. The van der Waals surface area contributed by atoms with Crippen LogP contribution in [0.15, 0.2) is 60.8 Å². The van der Waals surface area contributed by atoms with E-state index in [1.54, 1.807) is 19.4 Å². The molecule has 0 atom stereocenters. The van der Waals surface area contributed by atoms with E-state index >= 15 is 0 Å². The van der Waals surface area contributed by atoms with E-state index in [0.29, 0.717) is 11.8 Å². The fourth-order valence-corrected chi connectivity index (χ4v) is 2.38. The number of nitrogens with one attached hydrogen (secondary N) is 2. The predicted octanol–water partition coefficient (Wildman–Crippen LogP) is 4.76. The predicted molar refractivity (Wildman–Crippen MR) is 104 cm³/mol. The lowest BCUT2D eigenvalue weighted by Crippen LogP contribution is -2.08. The van der Waals surface area contributed by atoms with Crippen molar-refractivity contribution in [3.05, 3.63) is 60.8 Å². The Balaban J connectivity index is 1.77. The van der Waals surface area contributed by atoms with Crippen molar-refractivity contribution in [2.24, 2.45) is 0 Å². The lowest BCUT2D eigenvalue weighted by Gasteiger charge is -2.15. The van der Waals surface area contributed by atoms with Crippen molar-refractivity contribution in [2.45, 2.75) is 20.0 Å². The summed E-state index contributed by atoms with van der Waals surface area (Å²) in [6.07, 6.45) is 1.78. The lowest BCUT2D eigenvalue weighted by molar-refractivity contribution is 0.244. The van der Waals surface area contributed by atoms with Crippen LogP contribution in [-0.4, -0.2) is 23.2 Å². The average Bonchev–Trinajstić information content (AvgIpc) is 2.63. The van der Waals surface area contributed by atoms with Gasteiger partial charge in [0.25, 0.3) is 0 Å². The van der Waals surface area contributed by atoms with Crippen molar-refractivity contribution >= 4 is 23.1 Å². The molecule has 0 aliphatic rings.